The van der Waals surface area contributed by atoms with Gasteiger partial charge < -0.3 is 4.90 Å². The average Bonchev–Trinajstić information content (AvgIpc) is 2.82. The summed E-state index contributed by atoms with van der Waals surface area (Å²) in [5, 5.41) is 0. The largest absolute Gasteiger partial charge is 0.344 e. The molecule has 1 aliphatic heterocycles. The van der Waals surface area contributed by atoms with Crippen LogP contribution in [0.4, 0.5) is 10.2 Å². The van der Waals surface area contributed by atoms with Crippen molar-refractivity contribution in [2.24, 2.45) is 0 Å². The number of fused-ring (bicyclic) bond motifs is 1. The van der Waals surface area contributed by atoms with Crippen LogP contribution < -0.4 is 4.90 Å². The quantitative estimate of drug-likeness (QED) is 0.802. The molecule has 2 aromatic heterocycles. The highest BCUT2D eigenvalue weighted by Crippen LogP contribution is 2.27. The third-order valence-electron chi connectivity index (χ3n) is 3.06. The van der Waals surface area contributed by atoms with E-state index in [-0.39, 0.29) is 5.82 Å². The summed E-state index contributed by atoms with van der Waals surface area (Å²) in [6, 6.07) is 0. The van der Waals surface area contributed by atoms with E-state index in [1.807, 2.05) is 11.8 Å². The molecule has 3 heterocycles. The second kappa shape index (κ2) is 4.29. The second-order valence-corrected chi connectivity index (χ2v) is 4.16. The standard InChI is InChI=1S/C12H12FN5/c1-2-9-11(13)12(17-7-16-9)18-4-8-3-14-6-15-10(8)5-18/h3,6-7H,2,4-5H2,1H3. The number of rotatable bonds is 2. The van der Waals surface area contributed by atoms with Gasteiger partial charge in [0.15, 0.2) is 11.6 Å². The van der Waals surface area contributed by atoms with E-state index in [9.17, 15) is 4.39 Å². The predicted octanol–water partition coefficient (Wildman–Crippen LogP) is 1.49. The summed E-state index contributed by atoms with van der Waals surface area (Å²) in [6.45, 7) is 3.03. The zero-order valence-electron chi connectivity index (χ0n) is 9.97. The van der Waals surface area contributed by atoms with E-state index < -0.39 is 0 Å². The number of hydrogen-bond donors (Lipinski definition) is 0. The first-order chi connectivity index (χ1) is 8.79. The van der Waals surface area contributed by atoms with Crippen LogP contribution in [0.5, 0.6) is 0 Å². The second-order valence-electron chi connectivity index (χ2n) is 4.16. The summed E-state index contributed by atoms with van der Waals surface area (Å²) in [5.74, 6) is 0.0145. The average molecular weight is 245 g/mol. The summed E-state index contributed by atoms with van der Waals surface area (Å²) in [6.07, 6.45) is 5.24. The van der Waals surface area contributed by atoms with Gasteiger partial charge in [-0.25, -0.2) is 24.3 Å². The van der Waals surface area contributed by atoms with Crippen molar-refractivity contribution in [1.29, 1.82) is 0 Å². The first-order valence-electron chi connectivity index (χ1n) is 5.81. The van der Waals surface area contributed by atoms with Crippen LogP contribution in [0, 0.1) is 5.82 Å². The van der Waals surface area contributed by atoms with Crippen LogP contribution in [-0.4, -0.2) is 19.9 Å². The zero-order valence-corrected chi connectivity index (χ0v) is 9.97. The van der Waals surface area contributed by atoms with Gasteiger partial charge >= 0.3 is 0 Å². The van der Waals surface area contributed by atoms with Crippen LogP contribution in [0.1, 0.15) is 23.9 Å². The van der Waals surface area contributed by atoms with E-state index in [1.54, 1.807) is 6.20 Å². The van der Waals surface area contributed by atoms with Crippen molar-refractivity contribution in [2.75, 3.05) is 4.90 Å². The monoisotopic (exact) mass is 245 g/mol. The normalized spacial score (nSPS) is 13.8. The van der Waals surface area contributed by atoms with Crippen molar-refractivity contribution in [3.63, 3.8) is 0 Å². The molecule has 0 aliphatic carbocycles. The molecule has 0 spiro atoms. The maximum atomic E-state index is 14.1. The van der Waals surface area contributed by atoms with Crippen molar-refractivity contribution in [3.05, 3.63) is 41.6 Å². The molecular weight excluding hydrogens is 233 g/mol. The molecule has 3 rings (SSSR count). The van der Waals surface area contributed by atoms with E-state index in [2.05, 4.69) is 19.9 Å². The molecule has 5 nitrogen and oxygen atoms in total. The zero-order chi connectivity index (χ0) is 12.5. The van der Waals surface area contributed by atoms with Gasteiger partial charge in [-0.05, 0) is 6.42 Å². The number of aryl methyl sites for hydroxylation is 1. The molecule has 0 fully saturated rings. The Morgan fingerprint density at radius 3 is 2.89 bits per heavy atom. The maximum absolute atomic E-state index is 14.1. The van der Waals surface area contributed by atoms with E-state index in [1.165, 1.54) is 12.7 Å². The van der Waals surface area contributed by atoms with Crippen LogP contribution in [0.15, 0.2) is 18.9 Å². The molecule has 0 bridgehead atoms. The van der Waals surface area contributed by atoms with Crippen LogP contribution in [0.25, 0.3) is 0 Å². The van der Waals surface area contributed by atoms with E-state index in [0.29, 0.717) is 31.0 Å². The number of nitrogens with zero attached hydrogens (tertiary/aromatic N) is 5. The van der Waals surface area contributed by atoms with Gasteiger partial charge in [-0.1, -0.05) is 6.92 Å². The lowest BCUT2D eigenvalue weighted by molar-refractivity contribution is 0.584. The van der Waals surface area contributed by atoms with Gasteiger partial charge in [-0.2, -0.15) is 0 Å². The minimum atomic E-state index is -0.333. The van der Waals surface area contributed by atoms with Crippen LogP contribution in [0.3, 0.4) is 0 Å². The van der Waals surface area contributed by atoms with Crippen molar-refractivity contribution in [2.45, 2.75) is 26.4 Å². The lowest BCUT2D eigenvalue weighted by atomic mass is 10.3. The summed E-state index contributed by atoms with van der Waals surface area (Å²) in [4.78, 5) is 18.0. The molecule has 0 radical (unpaired) electrons. The predicted molar refractivity (Wildman–Crippen MR) is 63.3 cm³/mol. The van der Waals surface area contributed by atoms with Gasteiger partial charge in [0.1, 0.15) is 12.7 Å². The summed E-state index contributed by atoms with van der Waals surface area (Å²) in [5.41, 5.74) is 2.40. The highest BCUT2D eigenvalue weighted by molar-refractivity contribution is 5.46. The Morgan fingerprint density at radius 2 is 2.11 bits per heavy atom. The fourth-order valence-corrected chi connectivity index (χ4v) is 2.11. The molecule has 92 valence electrons. The van der Waals surface area contributed by atoms with Gasteiger partial charge in [0.25, 0.3) is 0 Å². The van der Waals surface area contributed by atoms with Gasteiger partial charge in [0.2, 0.25) is 0 Å². The van der Waals surface area contributed by atoms with Crippen molar-refractivity contribution >= 4 is 5.82 Å². The molecule has 0 amide bonds. The Kier molecular flexibility index (Phi) is 2.62. The third-order valence-corrected chi connectivity index (χ3v) is 3.06. The summed E-state index contributed by atoms with van der Waals surface area (Å²) in [7, 11) is 0. The molecule has 2 aromatic rings. The SMILES string of the molecule is CCc1ncnc(N2Cc3cncnc3C2)c1F. The Balaban J connectivity index is 1.95. The van der Waals surface area contributed by atoms with E-state index in [4.69, 9.17) is 0 Å². The fraction of sp³-hybridized carbons (Fsp3) is 0.333. The van der Waals surface area contributed by atoms with Crippen LogP contribution >= 0.6 is 0 Å². The molecule has 0 atom stereocenters. The summed E-state index contributed by atoms with van der Waals surface area (Å²) >= 11 is 0. The lowest BCUT2D eigenvalue weighted by Crippen LogP contribution is -2.19. The fourth-order valence-electron chi connectivity index (χ4n) is 2.11. The molecule has 0 aromatic carbocycles. The van der Waals surface area contributed by atoms with E-state index in [0.717, 1.165) is 11.3 Å². The molecule has 0 saturated carbocycles. The smallest absolute Gasteiger partial charge is 0.187 e. The Morgan fingerprint density at radius 1 is 1.22 bits per heavy atom. The van der Waals surface area contributed by atoms with Crippen LogP contribution in [0.2, 0.25) is 0 Å². The number of hydrogen-bond acceptors (Lipinski definition) is 5. The first kappa shape index (κ1) is 11.0. The van der Waals surface area contributed by atoms with Crippen molar-refractivity contribution < 1.29 is 4.39 Å². The minimum Gasteiger partial charge on any atom is -0.344 e. The van der Waals surface area contributed by atoms with Crippen LogP contribution in [-0.2, 0) is 19.5 Å². The highest BCUT2D eigenvalue weighted by atomic mass is 19.1. The van der Waals surface area contributed by atoms with Crippen molar-refractivity contribution in [1.82, 2.24) is 19.9 Å². The molecular formula is C12H12FN5. The van der Waals surface area contributed by atoms with Gasteiger partial charge in [0, 0.05) is 18.3 Å². The van der Waals surface area contributed by atoms with E-state index >= 15 is 0 Å². The lowest BCUT2D eigenvalue weighted by Gasteiger charge is -2.17. The molecule has 0 N–H and O–H groups in total. The molecule has 0 unspecified atom stereocenters. The van der Waals surface area contributed by atoms with Gasteiger partial charge in [-0.15, -0.1) is 0 Å². The highest BCUT2D eigenvalue weighted by Gasteiger charge is 2.24. The Bertz CT molecular complexity index is 561. The summed E-state index contributed by atoms with van der Waals surface area (Å²) < 4.78 is 14.1. The maximum Gasteiger partial charge on any atom is 0.187 e. The van der Waals surface area contributed by atoms with Gasteiger partial charge in [-0.3, -0.25) is 0 Å². The van der Waals surface area contributed by atoms with Gasteiger partial charge in [0.05, 0.1) is 17.9 Å². The number of aromatic nitrogens is 4. The number of anilines is 1. The molecule has 0 saturated heterocycles. The topological polar surface area (TPSA) is 54.8 Å². The third kappa shape index (κ3) is 1.70. The minimum absolute atomic E-state index is 0.333. The molecule has 18 heavy (non-hydrogen) atoms. The molecule has 6 heteroatoms. The Labute approximate surface area is 104 Å². The molecule has 1 aliphatic rings. The number of halogens is 1. The van der Waals surface area contributed by atoms with Crippen molar-refractivity contribution in [3.8, 4) is 0 Å². The first-order valence-corrected chi connectivity index (χ1v) is 5.81. The Hall–Kier alpha value is -2.11.